The summed E-state index contributed by atoms with van der Waals surface area (Å²) in [6.07, 6.45) is 2.11. The number of hydrogen-bond acceptors (Lipinski definition) is 3. The summed E-state index contributed by atoms with van der Waals surface area (Å²) in [7, 11) is 0. The predicted octanol–water partition coefficient (Wildman–Crippen LogP) is 3.82. The molecule has 3 heteroatoms. The molecule has 1 aromatic rings. The zero-order valence-corrected chi connectivity index (χ0v) is 13.3. The number of nitrogens with one attached hydrogen (secondary N) is 1. The highest BCUT2D eigenvalue weighted by molar-refractivity contribution is 5.24. The van der Waals surface area contributed by atoms with Gasteiger partial charge in [-0.25, -0.2) is 0 Å². The van der Waals surface area contributed by atoms with Gasteiger partial charge in [-0.05, 0) is 32.8 Å². The number of rotatable bonds is 10. The maximum absolute atomic E-state index is 5.58. The van der Waals surface area contributed by atoms with E-state index in [4.69, 9.17) is 9.47 Å². The Hall–Kier alpha value is -0.900. The summed E-state index contributed by atoms with van der Waals surface area (Å²) in [6, 6.07) is 9.12. The van der Waals surface area contributed by atoms with Crippen LogP contribution >= 0.6 is 0 Å². The Morgan fingerprint density at radius 1 is 1.00 bits per heavy atom. The number of ether oxygens (including phenoxy) is 2. The standard InChI is InChI=1S/C17H29NO2/c1-5-8-16(15-11-9-14(4)10-12-15)18-13-17(19-6-2)20-7-3/h9-12,16-18H,5-8,13H2,1-4H3. The molecule has 1 atom stereocenters. The van der Waals surface area contributed by atoms with E-state index in [1.807, 2.05) is 13.8 Å². The van der Waals surface area contributed by atoms with E-state index in [-0.39, 0.29) is 6.29 Å². The highest BCUT2D eigenvalue weighted by atomic mass is 16.7. The second-order valence-electron chi connectivity index (χ2n) is 5.00. The molecule has 0 amide bonds. The molecule has 1 unspecified atom stereocenters. The van der Waals surface area contributed by atoms with Crippen LogP contribution in [0.2, 0.25) is 0 Å². The second kappa shape index (κ2) is 9.92. The van der Waals surface area contributed by atoms with Crippen molar-refractivity contribution in [3.8, 4) is 0 Å². The van der Waals surface area contributed by atoms with Gasteiger partial charge in [0.2, 0.25) is 0 Å². The van der Waals surface area contributed by atoms with Crippen molar-refractivity contribution in [3.63, 3.8) is 0 Å². The van der Waals surface area contributed by atoms with Crippen LogP contribution in [0, 0.1) is 6.92 Å². The van der Waals surface area contributed by atoms with E-state index in [9.17, 15) is 0 Å². The van der Waals surface area contributed by atoms with Crippen LogP contribution in [-0.4, -0.2) is 26.0 Å². The molecule has 1 N–H and O–H groups in total. The Morgan fingerprint density at radius 3 is 2.10 bits per heavy atom. The van der Waals surface area contributed by atoms with Crippen molar-refractivity contribution < 1.29 is 9.47 Å². The molecule has 0 saturated heterocycles. The van der Waals surface area contributed by atoms with Gasteiger partial charge in [-0.15, -0.1) is 0 Å². The van der Waals surface area contributed by atoms with E-state index in [1.54, 1.807) is 0 Å². The molecule has 1 rings (SSSR count). The fourth-order valence-corrected chi connectivity index (χ4v) is 2.25. The Bertz CT molecular complexity index is 345. The molecule has 3 nitrogen and oxygen atoms in total. The average molecular weight is 279 g/mol. The minimum atomic E-state index is -0.158. The molecule has 0 bridgehead atoms. The van der Waals surface area contributed by atoms with Gasteiger partial charge in [0.1, 0.15) is 0 Å². The summed E-state index contributed by atoms with van der Waals surface area (Å²) >= 11 is 0. The molecule has 0 fully saturated rings. The molecular weight excluding hydrogens is 250 g/mol. The van der Waals surface area contributed by atoms with E-state index in [1.165, 1.54) is 11.1 Å². The molecule has 0 aromatic heterocycles. The van der Waals surface area contributed by atoms with Crippen molar-refractivity contribution in [1.82, 2.24) is 5.32 Å². The first-order chi connectivity index (χ1) is 9.71. The van der Waals surface area contributed by atoms with Crippen LogP contribution in [0.25, 0.3) is 0 Å². The van der Waals surface area contributed by atoms with Gasteiger partial charge in [-0.1, -0.05) is 43.2 Å². The van der Waals surface area contributed by atoms with Gasteiger partial charge >= 0.3 is 0 Å². The maximum Gasteiger partial charge on any atom is 0.169 e. The van der Waals surface area contributed by atoms with Gasteiger partial charge in [-0.3, -0.25) is 0 Å². The molecule has 114 valence electrons. The quantitative estimate of drug-likeness (QED) is 0.660. The topological polar surface area (TPSA) is 30.5 Å². The van der Waals surface area contributed by atoms with Gasteiger partial charge in [0, 0.05) is 25.8 Å². The molecule has 0 heterocycles. The minimum Gasteiger partial charge on any atom is -0.352 e. The molecule has 0 aliphatic heterocycles. The van der Waals surface area contributed by atoms with Gasteiger partial charge in [-0.2, -0.15) is 0 Å². The Morgan fingerprint density at radius 2 is 1.60 bits per heavy atom. The summed E-state index contributed by atoms with van der Waals surface area (Å²) in [5.41, 5.74) is 2.63. The summed E-state index contributed by atoms with van der Waals surface area (Å²) in [5, 5.41) is 3.58. The molecule has 0 radical (unpaired) electrons. The SMILES string of the molecule is CCCC(NCC(OCC)OCC)c1ccc(C)cc1. The fraction of sp³-hybridized carbons (Fsp3) is 0.647. The number of hydrogen-bond donors (Lipinski definition) is 1. The molecule has 0 aliphatic carbocycles. The van der Waals surface area contributed by atoms with Crippen molar-refractivity contribution in [2.75, 3.05) is 19.8 Å². The Labute approximate surface area is 123 Å². The zero-order chi connectivity index (χ0) is 14.8. The van der Waals surface area contributed by atoms with E-state index in [0.29, 0.717) is 19.3 Å². The molecule has 0 aliphatic rings. The van der Waals surface area contributed by atoms with Crippen LogP contribution in [0.3, 0.4) is 0 Å². The molecule has 0 saturated carbocycles. The van der Waals surface area contributed by atoms with E-state index in [0.717, 1.165) is 19.4 Å². The third kappa shape index (κ3) is 6.04. The van der Waals surface area contributed by atoms with Crippen molar-refractivity contribution in [2.45, 2.75) is 52.9 Å². The van der Waals surface area contributed by atoms with Crippen LogP contribution in [0.5, 0.6) is 0 Å². The Balaban J connectivity index is 2.59. The number of benzene rings is 1. The summed E-state index contributed by atoms with van der Waals surface area (Å²) in [6.45, 7) is 10.4. The Kier molecular flexibility index (Phi) is 8.51. The normalized spacial score (nSPS) is 12.8. The predicted molar refractivity (Wildman–Crippen MR) is 83.9 cm³/mol. The lowest BCUT2D eigenvalue weighted by Gasteiger charge is -2.23. The van der Waals surface area contributed by atoms with E-state index < -0.39 is 0 Å². The van der Waals surface area contributed by atoms with Crippen LogP contribution in [0.4, 0.5) is 0 Å². The van der Waals surface area contributed by atoms with Crippen molar-refractivity contribution in [1.29, 1.82) is 0 Å². The first-order valence-electron chi connectivity index (χ1n) is 7.74. The van der Waals surface area contributed by atoms with Crippen molar-refractivity contribution in [2.24, 2.45) is 0 Å². The minimum absolute atomic E-state index is 0.158. The average Bonchev–Trinajstić information content (AvgIpc) is 2.45. The lowest BCUT2D eigenvalue weighted by molar-refractivity contribution is -0.133. The van der Waals surface area contributed by atoms with Crippen LogP contribution in [0.15, 0.2) is 24.3 Å². The first kappa shape index (κ1) is 17.2. The van der Waals surface area contributed by atoms with Crippen LogP contribution < -0.4 is 5.32 Å². The van der Waals surface area contributed by atoms with Gasteiger partial charge < -0.3 is 14.8 Å². The smallest absolute Gasteiger partial charge is 0.169 e. The second-order valence-corrected chi connectivity index (χ2v) is 5.00. The lowest BCUT2D eigenvalue weighted by atomic mass is 10.0. The highest BCUT2D eigenvalue weighted by Crippen LogP contribution is 2.19. The van der Waals surface area contributed by atoms with E-state index >= 15 is 0 Å². The summed E-state index contributed by atoms with van der Waals surface area (Å²) < 4.78 is 11.2. The number of aryl methyl sites for hydroxylation is 1. The molecule has 1 aromatic carbocycles. The van der Waals surface area contributed by atoms with Crippen LogP contribution in [-0.2, 0) is 9.47 Å². The highest BCUT2D eigenvalue weighted by Gasteiger charge is 2.14. The van der Waals surface area contributed by atoms with Gasteiger partial charge in [0.25, 0.3) is 0 Å². The zero-order valence-electron chi connectivity index (χ0n) is 13.3. The van der Waals surface area contributed by atoms with Gasteiger partial charge in [0.05, 0.1) is 0 Å². The molecule has 20 heavy (non-hydrogen) atoms. The maximum atomic E-state index is 5.58. The summed E-state index contributed by atoms with van der Waals surface area (Å²) in [5.74, 6) is 0. The van der Waals surface area contributed by atoms with Crippen molar-refractivity contribution in [3.05, 3.63) is 35.4 Å². The lowest BCUT2D eigenvalue weighted by Crippen LogP contribution is -2.34. The van der Waals surface area contributed by atoms with E-state index in [2.05, 4.69) is 43.4 Å². The van der Waals surface area contributed by atoms with Gasteiger partial charge in [0.15, 0.2) is 6.29 Å². The monoisotopic (exact) mass is 279 g/mol. The van der Waals surface area contributed by atoms with Crippen LogP contribution in [0.1, 0.15) is 50.8 Å². The largest absolute Gasteiger partial charge is 0.352 e. The van der Waals surface area contributed by atoms with Crippen molar-refractivity contribution >= 4 is 0 Å². The summed E-state index contributed by atoms with van der Waals surface area (Å²) in [4.78, 5) is 0. The molecular formula is C17H29NO2. The third-order valence-corrected chi connectivity index (χ3v) is 3.29. The first-order valence-corrected chi connectivity index (χ1v) is 7.74. The molecule has 0 spiro atoms. The fourth-order valence-electron chi connectivity index (χ4n) is 2.25. The third-order valence-electron chi connectivity index (χ3n) is 3.29.